The second kappa shape index (κ2) is 7.84. The van der Waals surface area contributed by atoms with Gasteiger partial charge in [-0.05, 0) is 24.5 Å². The van der Waals surface area contributed by atoms with E-state index in [1.54, 1.807) is 6.19 Å². The maximum absolute atomic E-state index is 12.7. The summed E-state index contributed by atoms with van der Waals surface area (Å²) in [6, 6.07) is 2.28. The molecule has 0 aliphatic carbocycles. The van der Waals surface area contributed by atoms with Gasteiger partial charge in [0.1, 0.15) is 18.0 Å². The molecule has 1 aromatic carbocycles. The fourth-order valence-electron chi connectivity index (χ4n) is 1.34. The average Bonchev–Trinajstić information content (AvgIpc) is 2.44. The highest BCUT2D eigenvalue weighted by molar-refractivity contribution is 8.13. The van der Waals surface area contributed by atoms with E-state index in [0.29, 0.717) is 12.1 Å². The molecule has 1 N–H and O–H groups in total. The van der Waals surface area contributed by atoms with Crippen LogP contribution in [0, 0.1) is 11.5 Å². The first-order chi connectivity index (χ1) is 10.3. The average molecular weight is 339 g/mol. The van der Waals surface area contributed by atoms with Crippen molar-refractivity contribution in [3.05, 3.63) is 23.8 Å². The summed E-state index contributed by atoms with van der Waals surface area (Å²) < 4.78 is 67.2. The smallest absolute Gasteiger partial charge is 0.416 e. The van der Waals surface area contributed by atoms with Gasteiger partial charge in [0.15, 0.2) is 11.4 Å². The van der Waals surface area contributed by atoms with Crippen molar-refractivity contribution in [3.63, 3.8) is 0 Å². The van der Waals surface area contributed by atoms with Crippen LogP contribution in [-0.2, 0) is 6.18 Å². The normalized spacial score (nSPS) is 12.2. The van der Waals surface area contributed by atoms with E-state index in [9.17, 15) is 22.0 Å². The Morgan fingerprint density at radius 2 is 2.14 bits per heavy atom. The first kappa shape index (κ1) is 18.0. The molecule has 1 aromatic rings. The summed E-state index contributed by atoms with van der Waals surface area (Å²) >= 11 is 0.967. The molecule has 0 saturated carbocycles. The fraction of sp³-hybridized carbons (Fsp3) is 0.333. The van der Waals surface area contributed by atoms with Crippen molar-refractivity contribution in [1.82, 2.24) is 5.32 Å². The number of hydrogen-bond acceptors (Lipinski definition) is 4. The van der Waals surface area contributed by atoms with E-state index in [-0.39, 0.29) is 16.6 Å². The number of ether oxygens (including phenoxy) is 1. The molecule has 120 valence electrons. The zero-order valence-corrected chi connectivity index (χ0v) is 11.9. The number of nitriles is 1. The van der Waals surface area contributed by atoms with Gasteiger partial charge in [-0.1, -0.05) is 11.8 Å². The van der Waals surface area contributed by atoms with E-state index in [1.165, 1.54) is 6.26 Å². The third-order valence-corrected chi connectivity index (χ3v) is 2.81. The van der Waals surface area contributed by atoms with Gasteiger partial charge in [0, 0.05) is 0 Å². The number of hydrogen-bond donors (Lipinski definition) is 1. The molecule has 0 bridgehead atoms. The molecular formula is C12H10F5N3OS. The summed E-state index contributed by atoms with van der Waals surface area (Å²) in [6.45, 7) is -0.978. The molecule has 22 heavy (non-hydrogen) atoms. The van der Waals surface area contributed by atoms with Crippen molar-refractivity contribution in [3.8, 4) is 11.9 Å². The number of halogens is 5. The Morgan fingerprint density at radius 3 is 2.64 bits per heavy atom. The van der Waals surface area contributed by atoms with Gasteiger partial charge in [-0.3, -0.25) is 5.32 Å². The Bertz CT molecular complexity index is 583. The van der Waals surface area contributed by atoms with Gasteiger partial charge in [-0.15, -0.1) is 0 Å². The monoisotopic (exact) mass is 339 g/mol. The number of alkyl halides is 5. The highest BCUT2D eigenvalue weighted by Gasteiger charge is 2.31. The van der Waals surface area contributed by atoms with Crippen LogP contribution in [0.3, 0.4) is 0 Å². The standard InChI is InChI=1S/C12H10F5N3OS/c1-22-11(19-6-18)20-8-4-7(12(15,16)17)2-3-9(8)21-5-10(13)14/h2-4,10H,5H2,1H3,(H,19,20). The minimum Gasteiger partial charge on any atom is -0.485 e. The lowest BCUT2D eigenvalue weighted by Gasteiger charge is -2.12. The van der Waals surface area contributed by atoms with Crippen LogP contribution in [0.25, 0.3) is 0 Å². The van der Waals surface area contributed by atoms with E-state index in [2.05, 4.69) is 10.3 Å². The maximum Gasteiger partial charge on any atom is 0.416 e. The Morgan fingerprint density at radius 1 is 1.45 bits per heavy atom. The van der Waals surface area contributed by atoms with Crippen molar-refractivity contribution in [2.75, 3.05) is 12.9 Å². The van der Waals surface area contributed by atoms with Crippen molar-refractivity contribution >= 4 is 22.6 Å². The van der Waals surface area contributed by atoms with Gasteiger partial charge in [0.2, 0.25) is 0 Å². The van der Waals surface area contributed by atoms with Crippen LogP contribution in [0.15, 0.2) is 23.2 Å². The lowest BCUT2D eigenvalue weighted by atomic mass is 10.2. The van der Waals surface area contributed by atoms with Crippen molar-refractivity contribution < 1.29 is 26.7 Å². The fourth-order valence-corrected chi connectivity index (χ4v) is 1.68. The zero-order chi connectivity index (χ0) is 16.8. The molecule has 0 fully saturated rings. The maximum atomic E-state index is 12.7. The SMILES string of the molecule is CSC(=Nc1cc(C(F)(F)F)ccc1OCC(F)F)NC#N. The van der Waals surface area contributed by atoms with Crippen LogP contribution in [0.4, 0.5) is 27.6 Å². The van der Waals surface area contributed by atoms with Gasteiger partial charge in [-0.25, -0.2) is 13.8 Å². The highest BCUT2D eigenvalue weighted by Crippen LogP contribution is 2.36. The quantitative estimate of drug-likeness (QED) is 0.298. The minimum atomic E-state index is -4.62. The van der Waals surface area contributed by atoms with Crippen molar-refractivity contribution in [2.24, 2.45) is 4.99 Å². The molecule has 1 rings (SSSR count). The number of thioether (sulfide) groups is 1. The number of nitrogens with zero attached hydrogens (tertiary/aromatic N) is 2. The predicted molar refractivity (Wildman–Crippen MR) is 72.3 cm³/mol. The molecule has 0 amide bonds. The topological polar surface area (TPSA) is 57.4 Å². The first-order valence-corrected chi connectivity index (χ1v) is 6.90. The van der Waals surface area contributed by atoms with Gasteiger partial charge >= 0.3 is 6.18 Å². The van der Waals surface area contributed by atoms with Crippen LogP contribution in [0.2, 0.25) is 0 Å². The minimum absolute atomic E-state index is 0.00345. The number of benzene rings is 1. The van der Waals surface area contributed by atoms with Crippen LogP contribution < -0.4 is 10.1 Å². The number of rotatable bonds is 4. The molecule has 0 aliphatic rings. The highest BCUT2D eigenvalue weighted by atomic mass is 32.2. The number of amidine groups is 1. The molecule has 0 radical (unpaired) electrons. The number of aliphatic imine (C=N–C) groups is 1. The molecule has 0 aliphatic heterocycles. The third kappa shape index (κ3) is 5.40. The van der Waals surface area contributed by atoms with E-state index in [4.69, 9.17) is 10.00 Å². The van der Waals surface area contributed by atoms with Gasteiger partial charge in [0.25, 0.3) is 6.43 Å². The molecule has 0 heterocycles. The van der Waals surface area contributed by atoms with Gasteiger partial charge in [-0.2, -0.15) is 18.4 Å². The van der Waals surface area contributed by atoms with E-state index < -0.39 is 24.8 Å². The summed E-state index contributed by atoms with van der Waals surface area (Å²) in [5, 5.41) is 10.7. The molecule has 0 atom stereocenters. The van der Waals surface area contributed by atoms with E-state index in [1.807, 2.05) is 0 Å². The van der Waals surface area contributed by atoms with Crippen LogP contribution in [0.1, 0.15) is 5.56 Å². The van der Waals surface area contributed by atoms with Crippen molar-refractivity contribution in [1.29, 1.82) is 5.26 Å². The lowest BCUT2D eigenvalue weighted by Crippen LogP contribution is -2.13. The molecule has 10 heteroatoms. The number of nitrogens with one attached hydrogen (secondary N) is 1. The molecular weight excluding hydrogens is 329 g/mol. The van der Waals surface area contributed by atoms with Gasteiger partial charge in [0.05, 0.1) is 5.56 Å². The summed E-state index contributed by atoms with van der Waals surface area (Å²) in [7, 11) is 0. The Kier molecular flexibility index (Phi) is 6.42. The zero-order valence-electron chi connectivity index (χ0n) is 11.1. The summed E-state index contributed by atoms with van der Waals surface area (Å²) in [5.41, 5.74) is -1.31. The first-order valence-electron chi connectivity index (χ1n) is 5.68. The summed E-state index contributed by atoms with van der Waals surface area (Å²) in [5.74, 6) is -0.236. The second-order valence-electron chi connectivity index (χ2n) is 3.74. The van der Waals surface area contributed by atoms with Crippen LogP contribution in [0.5, 0.6) is 5.75 Å². The van der Waals surface area contributed by atoms with Gasteiger partial charge < -0.3 is 4.74 Å². The Balaban J connectivity index is 3.24. The van der Waals surface area contributed by atoms with Crippen molar-refractivity contribution in [2.45, 2.75) is 12.6 Å². The lowest BCUT2D eigenvalue weighted by molar-refractivity contribution is -0.137. The molecule has 0 unspecified atom stereocenters. The van der Waals surface area contributed by atoms with Crippen LogP contribution >= 0.6 is 11.8 Å². The Labute approximate surface area is 127 Å². The molecule has 4 nitrogen and oxygen atoms in total. The second-order valence-corrected chi connectivity index (χ2v) is 4.54. The van der Waals surface area contributed by atoms with E-state index >= 15 is 0 Å². The predicted octanol–water partition coefficient (Wildman–Crippen LogP) is 3.77. The summed E-state index contributed by atoms with van der Waals surface area (Å²) in [6.07, 6.45) is -4.29. The Hall–Kier alpha value is -2.02. The largest absolute Gasteiger partial charge is 0.485 e. The molecule has 0 saturated heterocycles. The van der Waals surface area contributed by atoms with Crippen LogP contribution in [-0.4, -0.2) is 24.5 Å². The van der Waals surface area contributed by atoms with E-state index in [0.717, 1.165) is 17.8 Å². The molecule has 0 spiro atoms. The third-order valence-electron chi connectivity index (χ3n) is 2.23. The summed E-state index contributed by atoms with van der Waals surface area (Å²) in [4.78, 5) is 3.79. The molecule has 0 aromatic heterocycles.